The lowest BCUT2D eigenvalue weighted by atomic mass is 9.87. The Morgan fingerprint density at radius 3 is 2.21 bits per heavy atom. The number of alkyl halides is 6. The van der Waals surface area contributed by atoms with Crippen LogP contribution in [0.25, 0.3) is 0 Å². The Labute approximate surface area is 180 Å². The Hall–Kier alpha value is -3.77. The maximum atomic E-state index is 14.2. The van der Waals surface area contributed by atoms with Crippen LogP contribution in [-0.2, 0) is 12.1 Å². The summed E-state index contributed by atoms with van der Waals surface area (Å²) < 4.78 is 90.8. The number of fused-ring (bicyclic) bond motifs is 1. The van der Waals surface area contributed by atoms with Crippen molar-refractivity contribution < 1.29 is 30.8 Å². The highest BCUT2D eigenvalue weighted by atomic mass is 19.4. The van der Waals surface area contributed by atoms with E-state index in [0.29, 0.717) is 10.1 Å². The van der Waals surface area contributed by atoms with Crippen molar-refractivity contribution in [2.75, 3.05) is 5.32 Å². The van der Waals surface area contributed by atoms with E-state index >= 15 is 0 Å². The molecule has 0 saturated carbocycles. The maximum absolute atomic E-state index is 14.2. The zero-order valence-corrected chi connectivity index (χ0v) is 16.6. The number of amidine groups is 1. The highest BCUT2D eigenvalue weighted by Gasteiger charge is 2.75. The molecule has 1 aromatic carbocycles. The molecule has 3 heterocycles. The number of halogens is 6. The topological polar surface area (TPSA) is 92.4 Å². The fourth-order valence-corrected chi connectivity index (χ4v) is 3.53. The summed E-state index contributed by atoms with van der Waals surface area (Å²) in [6.07, 6.45) is -10.9. The molecule has 0 amide bonds. The van der Waals surface area contributed by atoms with Crippen molar-refractivity contribution >= 4 is 11.7 Å². The zero-order chi connectivity index (χ0) is 24.2. The number of nitrogens with zero attached hydrogens (tertiary/aromatic N) is 2. The van der Waals surface area contributed by atoms with Crippen LogP contribution in [-0.4, -0.2) is 27.7 Å². The molecule has 13 heteroatoms. The summed E-state index contributed by atoms with van der Waals surface area (Å²) >= 11 is 0. The van der Waals surface area contributed by atoms with Gasteiger partial charge in [-0.15, -0.1) is 0 Å². The molecule has 2 N–H and O–H groups in total. The van der Waals surface area contributed by atoms with Crippen LogP contribution >= 0.6 is 0 Å². The van der Waals surface area contributed by atoms with Crippen LogP contribution in [0.1, 0.15) is 22.5 Å². The van der Waals surface area contributed by atoms with Crippen LogP contribution in [0.2, 0.25) is 0 Å². The Balaban J connectivity index is 2.10. The fourth-order valence-electron chi connectivity index (χ4n) is 3.53. The van der Waals surface area contributed by atoms with Gasteiger partial charge in [-0.25, -0.2) is 9.79 Å². The van der Waals surface area contributed by atoms with Gasteiger partial charge in [-0.2, -0.15) is 26.3 Å². The summed E-state index contributed by atoms with van der Waals surface area (Å²) in [7, 11) is 0. The molecule has 7 nitrogen and oxygen atoms in total. The average molecular weight is 472 g/mol. The molecule has 33 heavy (non-hydrogen) atoms. The molecule has 0 fully saturated rings. The second kappa shape index (κ2) is 7.39. The highest BCUT2D eigenvalue weighted by Crippen LogP contribution is 2.55. The van der Waals surface area contributed by atoms with Crippen LogP contribution in [0.5, 0.6) is 0 Å². The van der Waals surface area contributed by atoms with Gasteiger partial charge in [0.1, 0.15) is 23.0 Å². The van der Waals surface area contributed by atoms with Gasteiger partial charge in [-0.1, -0.05) is 29.8 Å². The summed E-state index contributed by atoms with van der Waals surface area (Å²) in [5, 5.41) is 2.35. The van der Waals surface area contributed by atoms with E-state index in [1.54, 1.807) is 11.9 Å². The number of aromatic nitrogens is 2. The number of hydrogen-bond acceptors (Lipinski definition) is 5. The van der Waals surface area contributed by atoms with Gasteiger partial charge < -0.3 is 9.73 Å². The largest absolute Gasteiger partial charge is 0.467 e. The van der Waals surface area contributed by atoms with Crippen LogP contribution < -0.4 is 16.6 Å². The van der Waals surface area contributed by atoms with Crippen molar-refractivity contribution in [3.8, 4) is 0 Å². The van der Waals surface area contributed by atoms with E-state index in [4.69, 9.17) is 4.42 Å². The van der Waals surface area contributed by atoms with Gasteiger partial charge in [0.2, 0.25) is 0 Å². The van der Waals surface area contributed by atoms with Crippen LogP contribution in [0.15, 0.2) is 61.7 Å². The third-order valence-electron chi connectivity index (χ3n) is 5.12. The minimum atomic E-state index is -6.07. The molecule has 0 atom stereocenters. The van der Waals surface area contributed by atoms with Gasteiger partial charge in [0, 0.05) is 5.56 Å². The molecule has 0 radical (unpaired) electrons. The highest BCUT2D eigenvalue weighted by molar-refractivity contribution is 6.09. The van der Waals surface area contributed by atoms with E-state index in [9.17, 15) is 35.9 Å². The molecule has 0 aliphatic carbocycles. The van der Waals surface area contributed by atoms with Crippen molar-refractivity contribution in [2.45, 2.75) is 31.4 Å². The second-order valence-corrected chi connectivity index (χ2v) is 7.31. The number of furan rings is 1. The number of nitrogens with one attached hydrogen (secondary N) is 2. The lowest BCUT2D eigenvalue weighted by Crippen LogP contribution is -2.59. The molecule has 0 bridgehead atoms. The van der Waals surface area contributed by atoms with E-state index in [1.807, 2.05) is 0 Å². The maximum Gasteiger partial charge on any atom is 0.427 e. The molecule has 0 saturated heterocycles. The standard InChI is InChI=1S/C20H14F6N4O3/c1-10-4-6-11(7-5-10)14-27-15-13(18(29-14,19(21,22)23)20(24,25)26)16(31)28-17(32)30(15)9-12-3-2-8-33-12/h2-8H,9H2,1H3,(H,27,29)(H,28,31,32). The van der Waals surface area contributed by atoms with Gasteiger partial charge in [0.05, 0.1) is 12.8 Å². The van der Waals surface area contributed by atoms with Gasteiger partial charge in [-0.05, 0) is 19.1 Å². The first-order valence-corrected chi connectivity index (χ1v) is 9.32. The summed E-state index contributed by atoms with van der Waals surface area (Å²) in [5.74, 6) is -1.74. The number of benzene rings is 1. The Bertz CT molecular complexity index is 1320. The third kappa shape index (κ3) is 3.52. The monoisotopic (exact) mass is 472 g/mol. The van der Waals surface area contributed by atoms with Crippen LogP contribution in [0, 0.1) is 6.92 Å². The number of hydrogen-bond donors (Lipinski definition) is 2. The van der Waals surface area contributed by atoms with Gasteiger partial charge >= 0.3 is 18.0 Å². The van der Waals surface area contributed by atoms with Crippen LogP contribution in [0.4, 0.5) is 32.2 Å². The molecule has 1 aliphatic rings. The van der Waals surface area contributed by atoms with Crippen molar-refractivity contribution in [3.05, 3.63) is 86.0 Å². The summed E-state index contributed by atoms with van der Waals surface area (Å²) in [6.45, 7) is 1.12. The van der Waals surface area contributed by atoms with Crippen molar-refractivity contribution in [1.82, 2.24) is 9.55 Å². The summed E-state index contributed by atoms with van der Waals surface area (Å²) in [6, 6.07) is 8.25. The lowest BCUT2D eigenvalue weighted by molar-refractivity contribution is -0.301. The van der Waals surface area contributed by atoms with Gasteiger partial charge in [0.15, 0.2) is 0 Å². The zero-order valence-electron chi connectivity index (χ0n) is 16.6. The minimum Gasteiger partial charge on any atom is -0.467 e. The van der Waals surface area contributed by atoms with Gasteiger partial charge in [-0.3, -0.25) is 14.3 Å². The molecule has 2 aromatic heterocycles. The Kier molecular flexibility index (Phi) is 5.02. The second-order valence-electron chi connectivity index (χ2n) is 7.31. The normalized spacial score (nSPS) is 15.5. The van der Waals surface area contributed by atoms with E-state index < -0.39 is 52.9 Å². The molecule has 3 aromatic rings. The van der Waals surface area contributed by atoms with E-state index in [1.165, 1.54) is 42.7 Å². The Morgan fingerprint density at radius 1 is 1.03 bits per heavy atom. The number of aryl methyl sites for hydroxylation is 1. The predicted octanol–water partition coefficient (Wildman–Crippen LogP) is 3.68. The molecular formula is C20H14F6N4O3. The first-order valence-electron chi connectivity index (χ1n) is 9.32. The van der Waals surface area contributed by atoms with Crippen molar-refractivity contribution in [3.63, 3.8) is 0 Å². The molecule has 4 rings (SSSR count). The quantitative estimate of drug-likeness (QED) is 0.569. The van der Waals surface area contributed by atoms with Gasteiger partial charge in [0.25, 0.3) is 11.1 Å². The lowest BCUT2D eigenvalue weighted by Gasteiger charge is -2.38. The third-order valence-corrected chi connectivity index (χ3v) is 5.12. The number of aliphatic imine (C=N–C) groups is 1. The van der Waals surface area contributed by atoms with Crippen LogP contribution in [0.3, 0.4) is 0 Å². The van der Waals surface area contributed by atoms with Crippen molar-refractivity contribution in [1.29, 1.82) is 0 Å². The molecular weight excluding hydrogens is 458 g/mol. The Morgan fingerprint density at radius 2 is 1.67 bits per heavy atom. The first kappa shape index (κ1) is 22.4. The number of rotatable bonds is 3. The SMILES string of the molecule is Cc1ccc(C2=NC(C(F)(F)F)(C(F)(F)F)c3c(n(Cc4ccco4)c(=O)[nH]c3=O)N2)cc1. The summed E-state index contributed by atoms with van der Waals surface area (Å²) in [5.41, 5.74) is -9.22. The van der Waals surface area contributed by atoms with E-state index in [0.717, 1.165) is 0 Å². The molecule has 0 spiro atoms. The summed E-state index contributed by atoms with van der Waals surface area (Å²) in [4.78, 5) is 29.5. The van der Waals surface area contributed by atoms with Crippen molar-refractivity contribution in [2.24, 2.45) is 4.99 Å². The van der Waals surface area contributed by atoms with E-state index in [2.05, 4.69) is 10.3 Å². The molecule has 0 unspecified atom stereocenters. The number of anilines is 1. The van der Waals surface area contributed by atoms with E-state index in [-0.39, 0.29) is 11.3 Å². The molecule has 1 aliphatic heterocycles. The smallest absolute Gasteiger partial charge is 0.427 e. The fraction of sp³-hybridized carbons (Fsp3) is 0.250. The minimum absolute atomic E-state index is 0.0529. The average Bonchev–Trinajstić information content (AvgIpc) is 3.22. The first-order chi connectivity index (χ1) is 15.3. The number of H-pyrrole nitrogens is 1. The number of aromatic amines is 1. The predicted molar refractivity (Wildman–Crippen MR) is 104 cm³/mol. The molecule has 174 valence electrons.